The lowest BCUT2D eigenvalue weighted by molar-refractivity contribution is 0.0980. The molecular weight excluding hydrogens is 456 g/mol. The van der Waals surface area contributed by atoms with Crippen LogP contribution in [-0.4, -0.2) is 11.6 Å². The Balaban J connectivity index is 1.38. The molecule has 4 aromatic carbocycles. The van der Waals surface area contributed by atoms with E-state index >= 15 is 0 Å². The Morgan fingerprint density at radius 2 is 0.912 bits per heavy atom. The molecule has 0 radical (unpaired) electrons. The molecule has 0 saturated carbocycles. The van der Waals surface area contributed by atoms with E-state index in [4.69, 9.17) is 0 Å². The lowest BCUT2D eigenvalue weighted by Gasteiger charge is -2.06. The second-order valence-electron chi connectivity index (χ2n) is 8.09. The zero-order chi connectivity index (χ0) is 23.9. The molecule has 0 amide bonds. The lowest BCUT2D eigenvalue weighted by Crippen LogP contribution is -2.00. The Bertz CT molecular complexity index is 1260. The second kappa shape index (κ2) is 11.4. The van der Waals surface area contributed by atoms with E-state index in [9.17, 15) is 9.59 Å². The lowest BCUT2D eigenvalue weighted by atomic mass is 10.0. The number of aryl methyl sites for hydroxylation is 1. The molecule has 0 aliphatic rings. The van der Waals surface area contributed by atoms with Gasteiger partial charge in [-0.1, -0.05) is 60.3 Å². The normalized spacial score (nSPS) is 10.8. The van der Waals surface area contributed by atoms with E-state index in [1.165, 1.54) is 10.5 Å². The van der Waals surface area contributed by atoms with Crippen molar-refractivity contribution in [3.8, 4) is 0 Å². The molecule has 0 spiro atoms. The van der Waals surface area contributed by atoms with Crippen molar-refractivity contribution in [2.45, 2.75) is 46.3 Å². The summed E-state index contributed by atoms with van der Waals surface area (Å²) in [6, 6.07) is 31.6. The second-order valence-corrected chi connectivity index (χ2v) is 10.4. The molecule has 4 heteroatoms. The molecule has 4 rings (SSSR count). The fraction of sp³-hybridized carbons (Fsp3) is 0.133. The number of hydrogen-bond acceptors (Lipinski definition) is 4. The van der Waals surface area contributed by atoms with Gasteiger partial charge in [-0.3, -0.25) is 9.59 Å². The molecule has 170 valence electrons. The third-order valence-electron chi connectivity index (χ3n) is 5.38. The number of hydrogen-bond donors (Lipinski definition) is 0. The van der Waals surface area contributed by atoms with Gasteiger partial charge in [0.05, 0.1) is 0 Å². The monoisotopic (exact) mass is 482 g/mol. The maximum absolute atomic E-state index is 12.9. The highest BCUT2D eigenvalue weighted by molar-refractivity contribution is 7.99. The highest BCUT2D eigenvalue weighted by Crippen LogP contribution is 2.30. The van der Waals surface area contributed by atoms with Crippen LogP contribution in [0.2, 0.25) is 0 Å². The standard InChI is InChI=1S/C30H26O2S2/c1-3-4-29(31)22-7-15-26(16-8-22)34-28-19-11-24(12-20-28)30(32)23-9-17-27(18-10-23)33-25-13-5-21(2)6-14-25/h5-20H,3-4H2,1-2H3. The topological polar surface area (TPSA) is 34.1 Å². The van der Waals surface area contributed by atoms with Crippen molar-refractivity contribution < 1.29 is 9.59 Å². The molecule has 0 N–H and O–H groups in total. The molecule has 4 aromatic rings. The Kier molecular flexibility index (Phi) is 8.04. The Morgan fingerprint density at radius 3 is 1.29 bits per heavy atom. The summed E-state index contributed by atoms with van der Waals surface area (Å²) in [5.74, 6) is 0.200. The van der Waals surface area contributed by atoms with Crippen molar-refractivity contribution in [1.29, 1.82) is 0 Å². The highest BCUT2D eigenvalue weighted by atomic mass is 32.2. The van der Waals surface area contributed by atoms with E-state index in [0.29, 0.717) is 17.5 Å². The average molecular weight is 483 g/mol. The summed E-state index contributed by atoms with van der Waals surface area (Å²) >= 11 is 3.30. The SMILES string of the molecule is CCCC(=O)c1ccc(Sc2ccc(C(=O)c3ccc(Sc4ccc(C)cc4)cc3)cc2)cc1. The fourth-order valence-electron chi connectivity index (χ4n) is 3.47. The van der Waals surface area contributed by atoms with Gasteiger partial charge < -0.3 is 0 Å². The minimum Gasteiger partial charge on any atom is -0.294 e. The highest BCUT2D eigenvalue weighted by Gasteiger charge is 2.10. The summed E-state index contributed by atoms with van der Waals surface area (Å²) < 4.78 is 0. The fourth-order valence-corrected chi connectivity index (χ4v) is 5.11. The quantitative estimate of drug-likeness (QED) is 0.224. The number of Topliss-reactive ketones (excluding diaryl/α,β-unsaturated/α-hetero) is 1. The van der Waals surface area contributed by atoms with E-state index in [-0.39, 0.29) is 11.6 Å². The molecule has 0 aliphatic carbocycles. The molecule has 0 aromatic heterocycles. The maximum atomic E-state index is 12.9. The van der Waals surface area contributed by atoms with Crippen molar-refractivity contribution in [2.24, 2.45) is 0 Å². The number of rotatable bonds is 9. The van der Waals surface area contributed by atoms with Crippen molar-refractivity contribution in [2.75, 3.05) is 0 Å². The van der Waals surface area contributed by atoms with Gasteiger partial charge in [-0.2, -0.15) is 0 Å². The first-order valence-corrected chi connectivity index (χ1v) is 13.0. The van der Waals surface area contributed by atoms with Gasteiger partial charge in [-0.25, -0.2) is 0 Å². The van der Waals surface area contributed by atoms with Gasteiger partial charge >= 0.3 is 0 Å². The third kappa shape index (κ3) is 6.28. The van der Waals surface area contributed by atoms with Gasteiger partial charge in [0.2, 0.25) is 0 Å². The molecule has 0 fully saturated rings. The predicted molar refractivity (Wildman–Crippen MR) is 141 cm³/mol. The van der Waals surface area contributed by atoms with E-state index in [2.05, 4.69) is 31.2 Å². The zero-order valence-corrected chi connectivity index (χ0v) is 20.9. The number of ketones is 2. The van der Waals surface area contributed by atoms with Crippen LogP contribution in [0.15, 0.2) is 117 Å². The Labute approximate surface area is 209 Å². The summed E-state index contributed by atoms with van der Waals surface area (Å²) in [6.07, 6.45) is 1.44. The van der Waals surface area contributed by atoms with Crippen molar-refractivity contribution in [3.63, 3.8) is 0 Å². The summed E-state index contributed by atoms with van der Waals surface area (Å²) in [5, 5.41) is 0. The zero-order valence-electron chi connectivity index (χ0n) is 19.3. The number of carbonyl (C=O) groups excluding carboxylic acids is 2. The van der Waals surface area contributed by atoms with Crippen LogP contribution in [0.3, 0.4) is 0 Å². The van der Waals surface area contributed by atoms with E-state index in [1.807, 2.05) is 79.7 Å². The molecule has 34 heavy (non-hydrogen) atoms. The molecule has 0 atom stereocenters. The minimum absolute atomic E-state index is 0.0159. The van der Waals surface area contributed by atoms with Gasteiger partial charge in [-0.15, -0.1) is 0 Å². The summed E-state index contributed by atoms with van der Waals surface area (Å²) in [5.41, 5.74) is 3.35. The molecule has 0 saturated heterocycles. The van der Waals surface area contributed by atoms with E-state index in [1.54, 1.807) is 23.5 Å². The molecule has 0 aliphatic heterocycles. The molecule has 0 unspecified atom stereocenters. The smallest absolute Gasteiger partial charge is 0.193 e. The predicted octanol–water partition coefficient (Wildman–Crippen LogP) is 8.51. The van der Waals surface area contributed by atoms with Crippen molar-refractivity contribution >= 4 is 35.1 Å². The molecule has 0 heterocycles. The Hall–Kier alpha value is -3.08. The van der Waals surface area contributed by atoms with Crippen LogP contribution in [0, 0.1) is 6.92 Å². The first-order valence-electron chi connectivity index (χ1n) is 11.3. The van der Waals surface area contributed by atoms with E-state index < -0.39 is 0 Å². The number of carbonyl (C=O) groups is 2. The first kappa shape index (κ1) is 24.1. The van der Waals surface area contributed by atoms with Crippen LogP contribution in [0.25, 0.3) is 0 Å². The average Bonchev–Trinajstić information content (AvgIpc) is 2.86. The van der Waals surface area contributed by atoms with Crippen molar-refractivity contribution in [1.82, 2.24) is 0 Å². The maximum Gasteiger partial charge on any atom is 0.193 e. The summed E-state index contributed by atoms with van der Waals surface area (Å²) in [6.45, 7) is 4.09. The van der Waals surface area contributed by atoms with Gasteiger partial charge in [0.1, 0.15) is 0 Å². The third-order valence-corrected chi connectivity index (χ3v) is 7.41. The van der Waals surface area contributed by atoms with Crippen LogP contribution < -0.4 is 0 Å². The van der Waals surface area contributed by atoms with Crippen LogP contribution in [0.4, 0.5) is 0 Å². The van der Waals surface area contributed by atoms with Crippen LogP contribution in [0.1, 0.15) is 51.6 Å². The van der Waals surface area contributed by atoms with Crippen LogP contribution >= 0.6 is 23.5 Å². The summed E-state index contributed by atoms with van der Waals surface area (Å²) in [7, 11) is 0. The van der Waals surface area contributed by atoms with Gasteiger partial charge in [0.15, 0.2) is 11.6 Å². The first-order chi connectivity index (χ1) is 16.5. The van der Waals surface area contributed by atoms with Gasteiger partial charge in [0, 0.05) is 42.7 Å². The van der Waals surface area contributed by atoms with Crippen LogP contribution in [0.5, 0.6) is 0 Å². The molecular formula is C30H26O2S2. The van der Waals surface area contributed by atoms with Crippen molar-refractivity contribution in [3.05, 3.63) is 119 Å². The number of benzene rings is 4. The van der Waals surface area contributed by atoms with Crippen LogP contribution in [-0.2, 0) is 0 Å². The van der Waals surface area contributed by atoms with E-state index in [0.717, 1.165) is 26.7 Å². The van der Waals surface area contributed by atoms with Gasteiger partial charge in [0.25, 0.3) is 0 Å². The molecule has 2 nitrogen and oxygen atoms in total. The Morgan fingerprint density at radius 1 is 0.559 bits per heavy atom. The minimum atomic E-state index is 0.0159. The molecule has 0 bridgehead atoms. The van der Waals surface area contributed by atoms with Gasteiger partial charge in [-0.05, 0) is 86.1 Å². The summed E-state index contributed by atoms with van der Waals surface area (Å²) in [4.78, 5) is 29.3. The largest absolute Gasteiger partial charge is 0.294 e.